The molecule has 15 heavy (non-hydrogen) atoms. The summed E-state index contributed by atoms with van der Waals surface area (Å²) in [5, 5.41) is 8.39. The van der Waals surface area contributed by atoms with Crippen LogP contribution < -0.4 is 0 Å². The second kappa shape index (κ2) is 4.87. The number of halogens is 2. The van der Waals surface area contributed by atoms with Crippen molar-refractivity contribution >= 4 is 5.97 Å². The lowest BCUT2D eigenvalue weighted by Crippen LogP contribution is -1.99. The molecule has 0 atom stereocenters. The van der Waals surface area contributed by atoms with Gasteiger partial charge in [-0.05, 0) is 43.0 Å². The maximum atomic E-state index is 13.2. The predicted molar refractivity (Wildman–Crippen MR) is 51.7 cm³/mol. The fourth-order valence-corrected chi connectivity index (χ4v) is 1.31. The Morgan fingerprint density at radius 1 is 1.33 bits per heavy atom. The normalized spacial score (nSPS) is 10.3. The second-order valence-corrected chi connectivity index (χ2v) is 3.44. The molecule has 0 bridgehead atoms. The van der Waals surface area contributed by atoms with Crippen molar-refractivity contribution in [1.82, 2.24) is 0 Å². The summed E-state index contributed by atoms with van der Waals surface area (Å²) >= 11 is 0. The van der Waals surface area contributed by atoms with Crippen LogP contribution in [0.5, 0.6) is 0 Å². The Labute approximate surface area is 86.5 Å². The number of aryl methyl sites for hydroxylation is 2. The van der Waals surface area contributed by atoms with Gasteiger partial charge in [0, 0.05) is 6.42 Å². The van der Waals surface area contributed by atoms with Crippen LogP contribution in [-0.4, -0.2) is 11.1 Å². The van der Waals surface area contributed by atoms with E-state index in [1.54, 1.807) is 0 Å². The molecular formula is C11H12F2O2. The molecule has 0 aliphatic carbocycles. The Morgan fingerprint density at radius 3 is 2.60 bits per heavy atom. The molecule has 0 unspecified atom stereocenters. The van der Waals surface area contributed by atoms with E-state index >= 15 is 0 Å². The summed E-state index contributed by atoms with van der Waals surface area (Å²) in [5.74, 6) is -1.86. The first kappa shape index (κ1) is 11.6. The number of hydrogen-bond donors (Lipinski definition) is 1. The van der Waals surface area contributed by atoms with E-state index in [1.807, 2.05) is 0 Å². The Hall–Kier alpha value is -1.45. The lowest BCUT2D eigenvalue weighted by molar-refractivity contribution is -0.137. The Morgan fingerprint density at radius 2 is 2.00 bits per heavy atom. The highest BCUT2D eigenvalue weighted by Gasteiger charge is 2.07. The van der Waals surface area contributed by atoms with Gasteiger partial charge in [-0.25, -0.2) is 8.78 Å². The SMILES string of the molecule is Cc1cc(F)c(CCCC(=O)O)cc1F. The van der Waals surface area contributed by atoms with Crippen molar-refractivity contribution < 1.29 is 18.7 Å². The fraction of sp³-hybridized carbons (Fsp3) is 0.364. The lowest BCUT2D eigenvalue weighted by atomic mass is 10.1. The van der Waals surface area contributed by atoms with E-state index in [0.717, 1.165) is 12.1 Å². The van der Waals surface area contributed by atoms with Crippen LogP contribution in [0.4, 0.5) is 8.78 Å². The maximum Gasteiger partial charge on any atom is 0.303 e. The van der Waals surface area contributed by atoms with Crippen molar-refractivity contribution in [2.45, 2.75) is 26.2 Å². The quantitative estimate of drug-likeness (QED) is 0.836. The summed E-state index contributed by atoms with van der Waals surface area (Å²) < 4.78 is 26.3. The molecule has 0 saturated carbocycles. The first-order chi connectivity index (χ1) is 7.00. The van der Waals surface area contributed by atoms with Crippen LogP contribution >= 0.6 is 0 Å². The van der Waals surface area contributed by atoms with E-state index in [1.165, 1.54) is 6.92 Å². The summed E-state index contributed by atoms with van der Waals surface area (Å²) in [6.07, 6.45) is 0.527. The zero-order chi connectivity index (χ0) is 11.4. The molecular weight excluding hydrogens is 202 g/mol. The average Bonchev–Trinajstić information content (AvgIpc) is 2.13. The first-order valence-electron chi connectivity index (χ1n) is 4.67. The van der Waals surface area contributed by atoms with Gasteiger partial charge in [0.05, 0.1) is 0 Å². The van der Waals surface area contributed by atoms with Gasteiger partial charge in [0.25, 0.3) is 0 Å². The van der Waals surface area contributed by atoms with Crippen molar-refractivity contribution in [2.24, 2.45) is 0 Å². The van der Waals surface area contributed by atoms with E-state index in [-0.39, 0.29) is 24.0 Å². The summed E-state index contributed by atoms with van der Waals surface area (Å²) in [7, 11) is 0. The molecule has 0 aliphatic heterocycles. The van der Waals surface area contributed by atoms with Crippen LogP contribution in [0.1, 0.15) is 24.0 Å². The van der Waals surface area contributed by atoms with Gasteiger partial charge in [-0.15, -0.1) is 0 Å². The molecule has 1 aromatic rings. The molecule has 0 spiro atoms. The van der Waals surface area contributed by atoms with E-state index < -0.39 is 17.6 Å². The number of benzene rings is 1. The largest absolute Gasteiger partial charge is 0.481 e. The highest BCUT2D eigenvalue weighted by molar-refractivity contribution is 5.66. The van der Waals surface area contributed by atoms with Crippen LogP contribution in [-0.2, 0) is 11.2 Å². The minimum absolute atomic E-state index is 0.0328. The Balaban J connectivity index is 2.69. The van der Waals surface area contributed by atoms with Crippen molar-refractivity contribution in [3.05, 3.63) is 34.9 Å². The third-order valence-electron chi connectivity index (χ3n) is 2.16. The summed E-state index contributed by atoms with van der Waals surface area (Å²) in [6, 6.07) is 2.26. The van der Waals surface area contributed by atoms with Crippen LogP contribution in [0.3, 0.4) is 0 Å². The molecule has 0 aliphatic rings. The monoisotopic (exact) mass is 214 g/mol. The summed E-state index contributed by atoms with van der Waals surface area (Å²) in [6.45, 7) is 1.49. The Bertz CT molecular complexity index is 375. The molecule has 4 heteroatoms. The first-order valence-corrected chi connectivity index (χ1v) is 4.67. The number of rotatable bonds is 4. The molecule has 82 valence electrons. The predicted octanol–water partition coefficient (Wildman–Crippen LogP) is 2.68. The van der Waals surface area contributed by atoms with Crippen LogP contribution in [0.2, 0.25) is 0 Å². The second-order valence-electron chi connectivity index (χ2n) is 3.44. The van der Waals surface area contributed by atoms with Gasteiger partial charge in [-0.1, -0.05) is 0 Å². The molecule has 2 nitrogen and oxygen atoms in total. The molecule has 0 fully saturated rings. The van der Waals surface area contributed by atoms with E-state index in [2.05, 4.69) is 0 Å². The smallest absolute Gasteiger partial charge is 0.303 e. The third-order valence-corrected chi connectivity index (χ3v) is 2.16. The molecule has 0 radical (unpaired) electrons. The van der Waals surface area contributed by atoms with Gasteiger partial charge < -0.3 is 5.11 Å². The molecule has 1 rings (SSSR count). The molecule has 1 N–H and O–H groups in total. The van der Waals surface area contributed by atoms with E-state index in [0.29, 0.717) is 6.42 Å². The highest BCUT2D eigenvalue weighted by Crippen LogP contribution is 2.16. The van der Waals surface area contributed by atoms with Crippen molar-refractivity contribution in [1.29, 1.82) is 0 Å². The zero-order valence-corrected chi connectivity index (χ0v) is 8.39. The van der Waals surface area contributed by atoms with Crippen molar-refractivity contribution in [2.75, 3.05) is 0 Å². The maximum absolute atomic E-state index is 13.2. The van der Waals surface area contributed by atoms with Crippen molar-refractivity contribution in [3.63, 3.8) is 0 Å². The number of aliphatic carboxylic acids is 1. The molecule has 0 heterocycles. The number of carboxylic acids is 1. The minimum Gasteiger partial charge on any atom is -0.481 e. The topological polar surface area (TPSA) is 37.3 Å². The van der Waals surface area contributed by atoms with Crippen molar-refractivity contribution in [3.8, 4) is 0 Å². The lowest BCUT2D eigenvalue weighted by Gasteiger charge is -2.04. The van der Waals surface area contributed by atoms with Gasteiger partial charge in [0.15, 0.2) is 0 Å². The van der Waals surface area contributed by atoms with Crippen LogP contribution in [0.25, 0.3) is 0 Å². The number of carboxylic acid groups (broad SMARTS) is 1. The van der Waals surface area contributed by atoms with E-state index in [9.17, 15) is 13.6 Å². The average molecular weight is 214 g/mol. The van der Waals surface area contributed by atoms with Crippen LogP contribution in [0.15, 0.2) is 12.1 Å². The van der Waals surface area contributed by atoms with Gasteiger partial charge >= 0.3 is 5.97 Å². The molecule has 0 amide bonds. The van der Waals surface area contributed by atoms with Crippen LogP contribution in [0, 0.1) is 18.6 Å². The fourth-order valence-electron chi connectivity index (χ4n) is 1.31. The molecule has 1 aromatic carbocycles. The summed E-state index contributed by atoms with van der Waals surface area (Å²) in [5.41, 5.74) is 0.494. The van der Waals surface area contributed by atoms with E-state index in [4.69, 9.17) is 5.11 Å². The number of carbonyl (C=O) groups is 1. The minimum atomic E-state index is -0.928. The van der Waals surface area contributed by atoms with Gasteiger partial charge in [0.2, 0.25) is 0 Å². The standard InChI is InChI=1S/C11H12F2O2/c1-7-5-10(13)8(6-9(7)12)3-2-4-11(14)15/h5-6H,2-4H2,1H3,(H,14,15). The third kappa shape index (κ3) is 3.31. The number of hydrogen-bond acceptors (Lipinski definition) is 1. The zero-order valence-electron chi connectivity index (χ0n) is 8.39. The molecule has 0 aromatic heterocycles. The van der Waals surface area contributed by atoms with Gasteiger partial charge in [0.1, 0.15) is 11.6 Å². The van der Waals surface area contributed by atoms with Gasteiger partial charge in [-0.3, -0.25) is 4.79 Å². The van der Waals surface area contributed by atoms with Gasteiger partial charge in [-0.2, -0.15) is 0 Å². The summed E-state index contributed by atoms with van der Waals surface area (Å²) in [4.78, 5) is 10.2. The highest BCUT2D eigenvalue weighted by atomic mass is 19.1. The Kier molecular flexibility index (Phi) is 3.77. The molecule has 0 saturated heterocycles.